The average molecular weight is 394 g/mol. The smallest absolute Gasteiger partial charge is 0.243 e. The molecule has 0 aliphatic carbocycles. The lowest BCUT2D eigenvalue weighted by Crippen LogP contribution is -2.55. The van der Waals surface area contributed by atoms with Gasteiger partial charge in [-0.25, -0.2) is 8.42 Å². The van der Waals surface area contributed by atoms with Gasteiger partial charge in [0.15, 0.2) is 0 Å². The Morgan fingerprint density at radius 2 is 1.70 bits per heavy atom. The maximum Gasteiger partial charge on any atom is 0.243 e. The van der Waals surface area contributed by atoms with Gasteiger partial charge in [0, 0.05) is 31.7 Å². The molecule has 1 aromatic rings. The van der Waals surface area contributed by atoms with Gasteiger partial charge in [-0.05, 0) is 51.7 Å². The van der Waals surface area contributed by atoms with Gasteiger partial charge in [-0.1, -0.05) is 24.6 Å². The summed E-state index contributed by atoms with van der Waals surface area (Å²) >= 11 is 0. The van der Waals surface area contributed by atoms with E-state index in [1.807, 2.05) is 0 Å². The average Bonchev–Trinajstić information content (AvgIpc) is 2.69. The highest BCUT2D eigenvalue weighted by molar-refractivity contribution is 7.89. The molecule has 0 spiro atoms. The van der Waals surface area contributed by atoms with Crippen molar-refractivity contribution in [3.05, 3.63) is 30.3 Å². The predicted molar refractivity (Wildman–Crippen MR) is 106 cm³/mol. The number of amides is 1. The number of nitrogens with one attached hydrogen (secondary N) is 1. The molecule has 3 rings (SSSR count). The Hall–Kier alpha value is -1.44. The van der Waals surface area contributed by atoms with E-state index in [9.17, 15) is 13.2 Å². The first-order valence-corrected chi connectivity index (χ1v) is 11.4. The monoisotopic (exact) mass is 393 g/mol. The second kappa shape index (κ2) is 8.71. The van der Waals surface area contributed by atoms with E-state index in [0.717, 1.165) is 38.8 Å². The van der Waals surface area contributed by atoms with Crippen LogP contribution in [-0.4, -0.2) is 61.3 Å². The molecule has 2 heterocycles. The lowest BCUT2D eigenvalue weighted by Gasteiger charge is -2.37. The molecule has 0 aromatic heterocycles. The van der Waals surface area contributed by atoms with E-state index in [4.69, 9.17) is 0 Å². The highest BCUT2D eigenvalue weighted by atomic mass is 32.2. The number of hydrogen-bond donors (Lipinski definition) is 1. The largest absolute Gasteiger partial charge is 0.352 e. The molecule has 1 atom stereocenters. The summed E-state index contributed by atoms with van der Waals surface area (Å²) in [6.07, 6.45) is 4.10. The van der Waals surface area contributed by atoms with Crippen LogP contribution in [0.2, 0.25) is 0 Å². The maximum atomic E-state index is 13.1. The SMILES string of the molecule is CC(C)N1CCC(NC(=O)C2CCCCN2S(=O)(=O)c2ccccc2)CC1. The summed E-state index contributed by atoms with van der Waals surface area (Å²) in [7, 11) is -3.65. The van der Waals surface area contributed by atoms with Crippen molar-refractivity contribution in [3.63, 3.8) is 0 Å². The fraction of sp³-hybridized carbons (Fsp3) is 0.650. The highest BCUT2D eigenvalue weighted by Crippen LogP contribution is 2.26. The van der Waals surface area contributed by atoms with Crippen molar-refractivity contribution in [1.82, 2.24) is 14.5 Å². The summed E-state index contributed by atoms with van der Waals surface area (Å²) in [4.78, 5) is 15.6. The first-order valence-electron chi connectivity index (χ1n) is 10.0. The minimum Gasteiger partial charge on any atom is -0.352 e. The second-order valence-electron chi connectivity index (χ2n) is 7.85. The first kappa shape index (κ1) is 20.3. The van der Waals surface area contributed by atoms with Crippen molar-refractivity contribution in [1.29, 1.82) is 0 Å². The lowest BCUT2D eigenvalue weighted by molar-refractivity contribution is -0.126. The number of carbonyl (C=O) groups is 1. The number of likely N-dealkylation sites (tertiary alicyclic amines) is 1. The molecule has 2 aliphatic rings. The molecule has 150 valence electrons. The van der Waals surface area contributed by atoms with Crippen LogP contribution < -0.4 is 5.32 Å². The molecule has 7 heteroatoms. The van der Waals surface area contributed by atoms with Crippen molar-refractivity contribution in [2.24, 2.45) is 0 Å². The van der Waals surface area contributed by atoms with E-state index in [1.54, 1.807) is 30.3 Å². The molecular formula is C20H31N3O3S. The molecule has 1 unspecified atom stereocenters. The molecular weight excluding hydrogens is 362 g/mol. The van der Waals surface area contributed by atoms with Gasteiger partial charge >= 0.3 is 0 Å². The van der Waals surface area contributed by atoms with Crippen molar-refractivity contribution in [2.45, 2.75) is 69.0 Å². The Morgan fingerprint density at radius 1 is 1.04 bits per heavy atom. The molecule has 0 bridgehead atoms. The summed E-state index contributed by atoms with van der Waals surface area (Å²) in [5.74, 6) is -0.141. The van der Waals surface area contributed by atoms with E-state index >= 15 is 0 Å². The summed E-state index contributed by atoms with van der Waals surface area (Å²) in [5, 5.41) is 3.13. The predicted octanol–water partition coefficient (Wildman–Crippen LogP) is 2.22. The van der Waals surface area contributed by atoms with Crippen LogP contribution in [0, 0.1) is 0 Å². The summed E-state index contributed by atoms with van der Waals surface area (Å²) in [5.41, 5.74) is 0. The number of carbonyl (C=O) groups excluding carboxylic acids is 1. The van der Waals surface area contributed by atoms with Crippen LogP contribution in [0.3, 0.4) is 0 Å². The Kier molecular flexibility index (Phi) is 6.55. The third-order valence-corrected chi connectivity index (χ3v) is 7.63. The third-order valence-electron chi connectivity index (χ3n) is 5.71. The molecule has 1 N–H and O–H groups in total. The Morgan fingerprint density at radius 3 is 2.33 bits per heavy atom. The van der Waals surface area contributed by atoms with Gasteiger partial charge in [0.2, 0.25) is 15.9 Å². The molecule has 0 saturated carbocycles. The fourth-order valence-corrected chi connectivity index (χ4v) is 5.72. The van der Waals surface area contributed by atoms with Gasteiger partial charge in [0.05, 0.1) is 4.90 Å². The van der Waals surface area contributed by atoms with Gasteiger partial charge in [0.1, 0.15) is 6.04 Å². The zero-order chi connectivity index (χ0) is 19.4. The Labute approximate surface area is 163 Å². The Balaban J connectivity index is 1.68. The van der Waals surface area contributed by atoms with Gasteiger partial charge in [-0.2, -0.15) is 4.31 Å². The summed E-state index contributed by atoms with van der Waals surface area (Å²) in [6, 6.07) is 8.47. The van der Waals surface area contributed by atoms with Gasteiger partial charge < -0.3 is 10.2 Å². The topological polar surface area (TPSA) is 69.7 Å². The van der Waals surface area contributed by atoms with E-state index in [0.29, 0.717) is 19.0 Å². The van der Waals surface area contributed by atoms with Crippen LogP contribution in [0.5, 0.6) is 0 Å². The quantitative estimate of drug-likeness (QED) is 0.833. The molecule has 1 amide bonds. The van der Waals surface area contributed by atoms with E-state index < -0.39 is 16.1 Å². The number of nitrogens with zero attached hydrogens (tertiary/aromatic N) is 2. The standard InChI is InChI=1S/C20H31N3O3S/c1-16(2)22-14-11-17(12-15-22)21-20(24)19-10-6-7-13-23(19)27(25,26)18-8-4-3-5-9-18/h3-5,8-9,16-17,19H,6-7,10-15H2,1-2H3,(H,21,24). The van der Waals surface area contributed by atoms with Crippen molar-refractivity contribution < 1.29 is 13.2 Å². The van der Waals surface area contributed by atoms with Crippen LogP contribution >= 0.6 is 0 Å². The molecule has 27 heavy (non-hydrogen) atoms. The lowest BCUT2D eigenvalue weighted by atomic mass is 10.0. The fourth-order valence-electron chi connectivity index (χ4n) is 4.04. The first-order chi connectivity index (χ1) is 12.9. The molecule has 2 fully saturated rings. The van der Waals surface area contributed by atoms with E-state index in [-0.39, 0.29) is 16.8 Å². The zero-order valence-electron chi connectivity index (χ0n) is 16.3. The van der Waals surface area contributed by atoms with Crippen molar-refractivity contribution in [3.8, 4) is 0 Å². The van der Waals surface area contributed by atoms with Crippen LogP contribution in [0.25, 0.3) is 0 Å². The maximum absolute atomic E-state index is 13.1. The Bertz CT molecular complexity index is 728. The van der Waals surface area contributed by atoms with E-state index in [2.05, 4.69) is 24.1 Å². The van der Waals surface area contributed by atoms with Gasteiger partial charge in [-0.15, -0.1) is 0 Å². The zero-order valence-corrected chi connectivity index (χ0v) is 17.1. The van der Waals surface area contributed by atoms with E-state index in [1.165, 1.54) is 4.31 Å². The normalized spacial score (nSPS) is 23.4. The van der Waals surface area contributed by atoms with Gasteiger partial charge in [-0.3, -0.25) is 4.79 Å². The summed E-state index contributed by atoms with van der Waals surface area (Å²) < 4.78 is 27.5. The minimum atomic E-state index is -3.65. The van der Waals surface area contributed by atoms with Crippen LogP contribution in [0.15, 0.2) is 35.2 Å². The van der Waals surface area contributed by atoms with Crippen molar-refractivity contribution >= 4 is 15.9 Å². The molecule has 2 saturated heterocycles. The number of hydrogen-bond acceptors (Lipinski definition) is 4. The molecule has 1 aromatic carbocycles. The number of sulfonamides is 1. The summed E-state index contributed by atoms with van der Waals surface area (Å²) in [6.45, 7) is 6.72. The number of piperidine rings is 2. The number of benzene rings is 1. The second-order valence-corrected chi connectivity index (χ2v) is 9.74. The third kappa shape index (κ3) is 4.70. The van der Waals surface area contributed by atoms with Crippen molar-refractivity contribution in [2.75, 3.05) is 19.6 Å². The van der Waals surface area contributed by atoms with Crippen LogP contribution in [0.4, 0.5) is 0 Å². The highest BCUT2D eigenvalue weighted by Gasteiger charge is 2.38. The molecule has 6 nitrogen and oxygen atoms in total. The van der Waals surface area contributed by atoms with Crippen LogP contribution in [0.1, 0.15) is 46.0 Å². The molecule has 2 aliphatic heterocycles. The number of rotatable bonds is 5. The molecule has 0 radical (unpaired) electrons. The van der Waals surface area contributed by atoms with Gasteiger partial charge in [0.25, 0.3) is 0 Å². The minimum absolute atomic E-state index is 0.135. The van der Waals surface area contributed by atoms with Crippen LogP contribution in [-0.2, 0) is 14.8 Å².